The van der Waals surface area contributed by atoms with Crippen LogP contribution >= 0.6 is 0 Å². The Hall–Kier alpha value is -2.67. The molecule has 0 amide bonds. The maximum absolute atomic E-state index is 9.09. The maximum Gasteiger partial charge on any atom is 0.165 e. The molecule has 0 fully saturated rings. The predicted octanol–water partition coefficient (Wildman–Crippen LogP) is 6.33. The van der Waals surface area contributed by atoms with Crippen LogP contribution < -0.4 is 14.2 Å². The highest BCUT2D eigenvalue weighted by atomic mass is 16.5. The standard InChI is InChI=1S/C25H33NO3/c1-5-21-16-23(27-4)24(29-18-20-12-8-6-9-13-20)17-22(21)28-15-11-7-10-14-25(2,3)19-26/h6,8-9,12-13,16-17H,5,7,10-11,14-15,18H2,1-4H3. The van der Waals surface area contributed by atoms with Crippen LogP contribution in [0.3, 0.4) is 0 Å². The fraction of sp³-hybridized carbons (Fsp3) is 0.480. The molecule has 0 aliphatic heterocycles. The molecule has 0 aromatic heterocycles. The Morgan fingerprint density at radius 1 is 0.931 bits per heavy atom. The smallest absolute Gasteiger partial charge is 0.165 e. The van der Waals surface area contributed by atoms with Crippen LogP contribution in [0.2, 0.25) is 0 Å². The minimum Gasteiger partial charge on any atom is -0.493 e. The number of unbranched alkanes of at least 4 members (excludes halogenated alkanes) is 2. The molecule has 0 bridgehead atoms. The summed E-state index contributed by atoms with van der Waals surface area (Å²) in [6.07, 6.45) is 4.85. The van der Waals surface area contributed by atoms with Gasteiger partial charge in [-0.05, 0) is 50.3 Å². The van der Waals surface area contributed by atoms with Crippen molar-refractivity contribution in [1.82, 2.24) is 0 Å². The van der Waals surface area contributed by atoms with E-state index in [1.165, 1.54) is 0 Å². The minimum absolute atomic E-state index is 0.239. The molecule has 2 aromatic rings. The Balaban J connectivity index is 1.94. The van der Waals surface area contributed by atoms with Crippen LogP contribution in [-0.4, -0.2) is 13.7 Å². The van der Waals surface area contributed by atoms with E-state index in [1.54, 1.807) is 7.11 Å². The Morgan fingerprint density at radius 3 is 2.34 bits per heavy atom. The third kappa shape index (κ3) is 7.34. The van der Waals surface area contributed by atoms with Crippen molar-refractivity contribution in [3.63, 3.8) is 0 Å². The zero-order valence-electron chi connectivity index (χ0n) is 18.2. The highest BCUT2D eigenvalue weighted by Crippen LogP contribution is 2.36. The summed E-state index contributed by atoms with van der Waals surface area (Å²) in [4.78, 5) is 0. The van der Waals surface area contributed by atoms with Crippen LogP contribution in [0.5, 0.6) is 17.2 Å². The van der Waals surface area contributed by atoms with Gasteiger partial charge in [-0.25, -0.2) is 0 Å². The van der Waals surface area contributed by atoms with E-state index in [1.807, 2.05) is 56.3 Å². The number of ether oxygens (including phenoxy) is 3. The molecule has 2 rings (SSSR count). The van der Waals surface area contributed by atoms with Crippen LogP contribution in [0.1, 0.15) is 57.6 Å². The van der Waals surface area contributed by atoms with Crippen molar-refractivity contribution in [2.24, 2.45) is 5.41 Å². The van der Waals surface area contributed by atoms with Gasteiger partial charge in [-0.1, -0.05) is 50.1 Å². The number of hydrogen-bond donors (Lipinski definition) is 0. The van der Waals surface area contributed by atoms with Gasteiger partial charge >= 0.3 is 0 Å². The van der Waals surface area contributed by atoms with Gasteiger partial charge in [-0.3, -0.25) is 0 Å². The average molecular weight is 396 g/mol. The third-order valence-corrected chi connectivity index (χ3v) is 4.97. The van der Waals surface area contributed by atoms with Gasteiger partial charge < -0.3 is 14.2 Å². The largest absolute Gasteiger partial charge is 0.493 e. The molecule has 4 nitrogen and oxygen atoms in total. The summed E-state index contributed by atoms with van der Waals surface area (Å²) in [7, 11) is 1.66. The number of hydrogen-bond acceptors (Lipinski definition) is 4. The molecule has 0 N–H and O–H groups in total. The van der Waals surface area contributed by atoms with Gasteiger partial charge in [0.05, 0.1) is 25.2 Å². The fourth-order valence-electron chi connectivity index (χ4n) is 3.09. The Labute approximate surface area is 175 Å². The van der Waals surface area contributed by atoms with Crippen LogP contribution in [0.4, 0.5) is 0 Å². The van der Waals surface area contributed by atoms with E-state index in [2.05, 4.69) is 13.0 Å². The van der Waals surface area contributed by atoms with Crippen LogP contribution in [0, 0.1) is 16.7 Å². The van der Waals surface area contributed by atoms with Gasteiger partial charge in [0.15, 0.2) is 11.5 Å². The summed E-state index contributed by atoms with van der Waals surface area (Å²) in [5.41, 5.74) is 1.98. The molecule has 0 aliphatic rings. The lowest BCUT2D eigenvalue weighted by atomic mass is 9.89. The number of rotatable bonds is 12. The summed E-state index contributed by atoms with van der Waals surface area (Å²) >= 11 is 0. The molecule has 0 aliphatic carbocycles. The van der Waals surface area contributed by atoms with Crippen molar-refractivity contribution in [3.05, 3.63) is 53.6 Å². The second kappa shape index (κ2) is 11.4. The first-order valence-electron chi connectivity index (χ1n) is 10.4. The van der Waals surface area contributed by atoms with Crippen LogP contribution in [-0.2, 0) is 13.0 Å². The molecular formula is C25H33NO3. The molecule has 0 saturated heterocycles. The molecular weight excluding hydrogens is 362 g/mol. The molecule has 0 atom stereocenters. The number of methoxy groups -OCH3 is 1. The molecule has 0 spiro atoms. The fourth-order valence-corrected chi connectivity index (χ4v) is 3.09. The van der Waals surface area contributed by atoms with Crippen LogP contribution in [0.25, 0.3) is 0 Å². The molecule has 29 heavy (non-hydrogen) atoms. The maximum atomic E-state index is 9.09. The van der Waals surface area contributed by atoms with Crippen molar-refractivity contribution in [1.29, 1.82) is 5.26 Å². The van der Waals surface area contributed by atoms with Crippen molar-refractivity contribution >= 4 is 0 Å². The van der Waals surface area contributed by atoms with Gasteiger partial charge in [0.25, 0.3) is 0 Å². The number of benzene rings is 2. The Morgan fingerprint density at radius 2 is 1.69 bits per heavy atom. The third-order valence-electron chi connectivity index (χ3n) is 4.97. The van der Waals surface area contributed by atoms with Gasteiger partial charge in [-0.2, -0.15) is 5.26 Å². The summed E-state index contributed by atoms with van der Waals surface area (Å²) in [6, 6.07) is 16.4. The lowest BCUT2D eigenvalue weighted by Crippen LogP contribution is -2.07. The van der Waals surface area contributed by atoms with E-state index in [0.717, 1.165) is 54.7 Å². The van der Waals surface area contributed by atoms with E-state index >= 15 is 0 Å². The molecule has 0 radical (unpaired) electrons. The van der Waals surface area contributed by atoms with Crippen molar-refractivity contribution in [3.8, 4) is 23.3 Å². The van der Waals surface area contributed by atoms with Gasteiger partial charge in [0.2, 0.25) is 0 Å². The summed E-state index contributed by atoms with van der Waals surface area (Å²) in [6.45, 7) is 7.23. The SMILES string of the molecule is CCc1cc(OC)c(OCc2ccccc2)cc1OCCCCCC(C)(C)C#N. The monoisotopic (exact) mass is 395 g/mol. The van der Waals surface area contributed by atoms with E-state index in [9.17, 15) is 0 Å². The first-order chi connectivity index (χ1) is 14.0. The summed E-state index contributed by atoms with van der Waals surface area (Å²) < 4.78 is 17.6. The summed E-state index contributed by atoms with van der Waals surface area (Å²) in [5, 5.41) is 9.09. The number of nitrogens with zero attached hydrogens (tertiary/aromatic N) is 1. The highest BCUT2D eigenvalue weighted by Gasteiger charge is 2.15. The number of aryl methyl sites for hydroxylation is 1. The first kappa shape index (κ1) is 22.6. The molecule has 0 saturated carbocycles. The van der Waals surface area contributed by atoms with Gasteiger partial charge in [0, 0.05) is 6.07 Å². The molecule has 4 heteroatoms. The van der Waals surface area contributed by atoms with E-state index in [4.69, 9.17) is 19.5 Å². The van der Waals surface area contributed by atoms with Gasteiger partial charge in [-0.15, -0.1) is 0 Å². The lowest BCUT2D eigenvalue weighted by molar-refractivity contribution is 0.273. The van der Waals surface area contributed by atoms with Crippen molar-refractivity contribution < 1.29 is 14.2 Å². The zero-order chi connectivity index (χ0) is 21.1. The molecule has 0 unspecified atom stereocenters. The lowest BCUT2D eigenvalue weighted by Gasteiger charge is -2.17. The van der Waals surface area contributed by atoms with Crippen molar-refractivity contribution in [2.75, 3.05) is 13.7 Å². The topological polar surface area (TPSA) is 51.5 Å². The second-order valence-electron chi connectivity index (χ2n) is 7.89. The Bertz CT molecular complexity index is 794. The van der Waals surface area contributed by atoms with E-state index in [0.29, 0.717) is 19.0 Å². The van der Waals surface area contributed by atoms with Gasteiger partial charge in [0.1, 0.15) is 12.4 Å². The average Bonchev–Trinajstić information content (AvgIpc) is 2.75. The number of nitriles is 1. The zero-order valence-corrected chi connectivity index (χ0v) is 18.2. The van der Waals surface area contributed by atoms with E-state index in [-0.39, 0.29) is 5.41 Å². The predicted molar refractivity (Wildman–Crippen MR) is 117 cm³/mol. The van der Waals surface area contributed by atoms with Crippen molar-refractivity contribution in [2.45, 2.75) is 59.5 Å². The van der Waals surface area contributed by atoms with E-state index < -0.39 is 0 Å². The van der Waals surface area contributed by atoms with Crippen LogP contribution in [0.15, 0.2) is 42.5 Å². The minimum atomic E-state index is -0.239. The summed E-state index contributed by atoms with van der Waals surface area (Å²) in [5.74, 6) is 2.27. The molecule has 2 aromatic carbocycles. The second-order valence-corrected chi connectivity index (χ2v) is 7.89. The highest BCUT2D eigenvalue weighted by molar-refractivity contribution is 5.50. The Kier molecular flexibility index (Phi) is 8.86. The molecule has 156 valence electrons. The first-order valence-corrected chi connectivity index (χ1v) is 10.4. The molecule has 0 heterocycles. The quantitative estimate of drug-likeness (QED) is 0.394. The normalized spacial score (nSPS) is 11.0.